The molecule has 1 atom stereocenters. The molecule has 0 aliphatic carbocycles. The highest BCUT2D eigenvalue weighted by Crippen LogP contribution is 2.16. The van der Waals surface area contributed by atoms with Crippen molar-refractivity contribution >= 4 is 11.9 Å². The van der Waals surface area contributed by atoms with E-state index in [0.29, 0.717) is 12.8 Å². The van der Waals surface area contributed by atoms with Gasteiger partial charge in [-0.15, -0.1) is 0 Å². The zero-order valence-corrected chi connectivity index (χ0v) is 27.6. The van der Waals surface area contributed by atoms with E-state index in [-0.39, 0.29) is 25.2 Å². The summed E-state index contributed by atoms with van der Waals surface area (Å²) in [5, 5.41) is 9.44. The summed E-state index contributed by atoms with van der Waals surface area (Å²) >= 11 is 0. The summed E-state index contributed by atoms with van der Waals surface area (Å²) in [6.07, 6.45) is 34.9. The van der Waals surface area contributed by atoms with Gasteiger partial charge in [-0.05, 0) is 12.8 Å². The Hall–Kier alpha value is -1.10. The van der Waals surface area contributed by atoms with Crippen LogP contribution in [-0.4, -0.2) is 36.4 Å². The topological polar surface area (TPSA) is 72.8 Å². The van der Waals surface area contributed by atoms with E-state index in [4.69, 9.17) is 9.47 Å². The lowest BCUT2D eigenvalue weighted by atomic mass is 10.0. The molecule has 0 aromatic carbocycles. The van der Waals surface area contributed by atoms with Crippen LogP contribution in [0.15, 0.2) is 0 Å². The Bertz CT molecular complexity index is 550. The molecule has 0 bridgehead atoms. The molecule has 5 nitrogen and oxygen atoms in total. The molecule has 1 N–H and O–H groups in total. The highest BCUT2D eigenvalue weighted by Gasteiger charge is 2.16. The van der Waals surface area contributed by atoms with Crippen molar-refractivity contribution in [3.63, 3.8) is 0 Å². The lowest BCUT2D eigenvalue weighted by Crippen LogP contribution is -2.28. The van der Waals surface area contributed by atoms with Crippen molar-refractivity contribution in [2.45, 2.75) is 206 Å². The third-order valence-electron chi connectivity index (χ3n) is 8.15. The van der Waals surface area contributed by atoms with E-state index < -0.39 is 6.10 Å². The van der Waals surface area contributed by atoms with Crippen molar-refractivity contribution in [3.8, 4) is 0 Å². The van der Waals surface area contributed by atoms with Crippen molar-refractivity contribution < 1.29 is 24.2 Å². The Kier molecular flexibility index (Phi) is 32.5. The minimum absolute atomic E-state index is 0.0601. The quantitative estimate of drug-likeness (QED) is 0.0615. The summed E-state index contributed by atoms with van der Waals surface area (Å²) in [5.41, 5.74) is 0. The molecule has 41 heavy (non-hydrogen) atoms. The fraction of sp³-hybridized carbons (Fsp3) is 0.944. The van der Waals surface area contributed by atoms with Crippen LogP contribution in [0.25, 0.3) is 0 Å². The largest absolute Gasteiger partial charge is 0.462 e. The number of hydrogen-bond donors (Lipinski definition) is 1. The average molecular weight is 583 g/mol. The Morgan fingerprint density at radius 1 is 0.463 bits per heavy atom. The smallest absolute Gasteiger partial charge is 0.306 e. The molecule has 244 valence electrons. The van der Waals surface area contributed by atoms with E-state index in [1.165, 1.54) is 135 Å². The lowest BCUT2D eigenvalue weighted by molar-refractivity contribution is -0.161. The summed E-state index contributed by atoms with van der Waals surface area (Å²) in [5.74, 6) is -0.594. The fourth-order valence-corrected chi connectivity index (χ4v) is 5.38. The molecule has 0 spiro atoms. The summed E-state index contributed by atoms with van der Waals surface area (Å²) < 4.78 is 10.5. The highest BCUT2D eigenvalue weighted by atomic mass is 16.6. The Morgan fingerprint density at radius 3 is 1.07 bits per heavy atom. The van der Waals surface area contributed by atoms with Gasteiger partial charge in [0.1, 0.15) is 6.61 Å². The van der Waals surface area contributed by atoms with Gasteiger partial charge in [-0.3, -0.25) is 9.59 Å². The monoisotopic (exact) mass is 583 g/mol. The number of unbranched alkanes of at least 4 members (excludes halogenated alkanes) is 25. The van der Waals surface area contributed by atoms with E-state index in [2.05, 4.69) is 13.8 Å². The van der Waals surface area contributed by atoms with Crippen molar-refractivity contribution in [2.75, 3.05) is 13.2 Å². The van der Waals surface area contributed by atoms with Gasteiger partial charge in [0.15, 0.2) is 6.10 Å². The normalized spacial score (nSPS) is 12.0. The second-order valence-electron chi connectivity index (χ2n) is 12.3. The van der Waals surface area contributed by atoms with E-state index in [1.54, 1.807) is 0 Å². The van der Waals surface area contributed by atoms with Crippen molar-refractivity contribution in [3.05, 3.63) is 0 Å². The Morgan fingerprint density at radius 2 is 0.756 bits per heavy atom. The molecule has 0 radical (unpaired) electrons. The average Bonchev–Trinajstić information content (AvgIpc) is 2.97. The molecule has 0 aliphatic rings. The fourth-order valence-electron chi connectivity index (χ4n) is 5.38. The molecule has 0 aromatic heterocycles. The Balaban J connectivity index is 3.39. The van der Waals surface area contributed by atoms with Gasteiger partial charge in [0.25, 0.3) is 0 Å². The van der Waals surface area contributed by atoms with Gasteiger partial charge in [-0.2, -0.15) is 0 Å². The first-order valence-electron chi connectivity index (χ1n) is 18.1. The molecule has 0 aliphatic heterocycles. The summed E-state index contributed by atoms with van der Waals surface area (Å²) in [4.78, 5) is 23.9. The number of rotatable bonds is 33. The molecule has 0 heterocycles. The first-order valence-corrected chi connectivity index (χ1v) is 18.1. The van der Waals surface area contributed by atoms with Crippen molar-refractivity contribution in [2.24, 2.45) is 0 Å². The van der Waals surface area contributed by atoms with Crippen LogP contribution in [0.4, 0.5) is 0 Å². The third-order valence-corrected chi connectivity index (χ3v) is 8.15. The number of hydrogen-bond acceptors (Lipinski definition) is 5. The first kappa shape index (κ1) is 39.9. The molecule has 0 fully saturated rings. The zero-order valence-electron chi connectivity index (χ0n) is 27.6. The van der Waals surface area contributed by atoms with E-state index in [0.717, 1.165) is 38.5 Å². The van der Waals surface area contributed by atoms with Crippen LogP contribution in [0.3, 0.4) is 0 Å². The summed E-state index contributed by atoms with van der Waals surface area (Å²) in [7, 11) is 0. The maximum atomic E-state index is 12.1. The first-order chi connectivity index (χ1) is 20.1. The maximum absolute atomic E-state index is 12.1. The number of aliphatic hydroxyl groups excluding tert-OH is 1. The highest BCUT2D eigenvalue weighted by molar-refractivity contribution is 5.70. The predicted molar refractivity (Wildman–Crippen MR) is 173 cm³/mol. The summed E-state index contributed by atoms with van der Waals surface area (Å²) in [6, 6.07) is 0. The van der Waals surface area contributed by atoms with Crippen LogP contribution in [0.5, 0.6) is 0 Å². The van der Waals surface area contributed by atoms with Crippen LogP contribution in [0, 0.1) is 0 Å². The lowest BCUT2D eigenvalue weighted by Gasteiger charge is -2.15. The second-order valence-corrected chi connectivity index (χ2v) is 12.3. The van der Waals surface area contributed by atoms with E-state index in [1.807, 2.05) is 0 Å². The number of aliphatic hydroxyl groups is 1. The SMILES string of the molecule is CCCCCCCCCCCCCCCCCCCCCCCCC(=O)OC(CO)COC(=O)CCCCCCC. The van der Waals surface area contributed by atoms with Crippen molar-refractivity contribution in [1.82, 2.24) is 0 Å². The second kappa shape index (κ2) is 33.4. The van der Waals surface area contributed by atoms with Crippen LogP contribution in [0.1, 0.15) is 200 Å². The van der Waals surface area contributed by atoms with Gasteiger partial charge >= 0.3 is 11.9 Å². The molecule has 0 aromatic rings. The number of carbonyl (C=O) groups excluding carboxylic acids is 2. The maximum Gasteiger partial charge on any atom is 0.306 e. The molecular formula is C36H70O5. The van der Waals surface area contributed by atoms with Crippen LogP contribution >= 0.6 is 0 Å². The minimum Gasteiger partial charge on any atom is -0.462 e. The molecule has 0 rings (SSSR count). The van der Waals surface area contributed by atoms with Gasteiger partial charge in [-0.25, -0.2) is 0 Å². The number of carbonyl (C=O) groups is 2. The predicted octanol–water partition coefficient (Wildman–Crippen LogP) is 10.8. The summed E-state index contributed by atoms with van der Waals surface area (Å²) in [6.45, 7) is 4.06. The molecule has 1 unspecified atom stereocenters. The van der Waals surface area contributed by atoms with Crippen LogP contribution in [-0.2, 0) is 19.1 Å². The van der Waals surface area contributed by atoms with Gasteiger partial charge in [0, 0.05) is 12.8 Å². The Labute approximate surface area is 255 Å². The standard InChI is InChI=1S/C36H70O5/c1-3-5-7-9-10-11-12-13-14-15-16-17-18-19-20-21-22-23-24-25-27-29-31-36(39)41-34(32-37)33-40-35(38)30-28-26-8-6-4-2/h34,37H,3-33H2,1-2H3. The van der Waals surface area contributed by atoms with Gasteiger partial charge in [0.05, 0.1) is 6.61 Å². The molecular weight excluding hydrogens is 512 g/mol. The van der Waals surface area contributed by atoms with E-state index in [9.17, 15) is 14.7 Å². The van der Waals surface area contributed by atoms with Gasteiger partial charge in [-0.1, -0.05) is 174 Å². The zero-order chi connectivity index (χ0) is 30.1. The molecule has 0 saturated carbocycles. The van der Waals surface area contributed by atoms with Crippen molar-refractivity contribution in [1.29, 1.82) is 0 Å². The van der Waals surface area contributed by atoms with Gasteiger partial charge < -0.3 is 14.6 Å². The molecule has 5 heteroatoms. The van der Waals surface area contributed by atoms with E-state index >= 15 is 0 Å². The minimum atomic E-state index is -0.758. The van der Waals surface area contributed by atoms with Crippen LogP contribution < -0.4 is 0 Å². The van der Waals surface area contributed by atoms with Gasteiger partial charge in [0.2, 0.25) is 0 Å². The molecule has 0 saturated heterocycles. The number of ether oxygens (including phenoxy) is 2. The molecule has 0 amide bonds. The van der Waals surface area contributed by atoms with Crippen LogP contribution in [0.2, 0.25) is 0 Å². The number of esters is 2. The third kappa shape index (κ3) is 31.7.